The number of carbonyl (C=O) groups excluding carboxylic acids is 2. The van der Waals surface area contributed by atoms with Crippen molar-refractivity contribution in [1.82, 2.24) is 4.90 Å². The van der Waals surface area contributed by atoms with Gasteiger partial charge in [-0.3, -0.25) is 9.59 Å². The summed E-state index contributed by atoms with van der Waals surface area (Å²) in [6.07, 6.45) is 0. The second-order valence-electron chi connectivity index (χ2n) is 6.43. The van der Waals surface area contributed by atoms with Gasteiger partial charge in [0, 0.05) is 40.7 Å². The van der Waals surface area contributed by atoms with Crippen LogP contribution in [-0.2, 0) is 0 Å². The molecule has 2 amide bonds. The van der Waals surface area contributed by atoms with Crippen LogP contribution in [0.25, 0.3) is 0 Å². The zero-order chi connectivity index (χ0) is 21.0. The Hall–Kier alpha value is -2.13. The zero-order valence-electron chi connectivity index (χ0n) is 15.6. The van der Waals surface area contributed by atoms with Gasteiger partial charge in [-0.1, -0.05) is 12.1 Å². The van der Waals surface area contributed by atoms with Crippen LogP contribution in [0.15, 0.2) is 47.4 Å². The second-order valence-corrected chi connectivity index (χ2v) is 8.76. The van der Waals surface area contributed by atoms with Gasteiger partial charge in [-0.05, 0) is 54.6 Å². The molecule has 1 N–H and O–H groups in total. The highest BCUT2D eigenvalue weighted by atomic mass is 32.2. The predicted octanol–water partition coefficient (Wildman–Crippen LogP) is 5.05. The highest BCUT2D eigenvalue weighted by Crippen LogP contribution is 2.38. The number of carbonyl (C=O) groups is 2. The lowest BCUT2D eigenvalue weighted by Gasteiger charge is -2.26. The summed E-state index contributed by atoms with van der Waals surface area (Å²) >= 11 is 1.49. The van der Waals surface area contributed by atoms with Crippen LogP contribution in [0.4, 0.5) is 18.9 Å². The van der Waals surface area contributed by atoms with Gasteiger partial charge in [0.05, 0.1) is 5.56 Å². The number of halogens is 3. The largest absolute Gasteiger partial charge is 0.446 e. The average Bonchev–Trinajstić information content (AvgIpc) is 2.68. The molecule has 3 rings (SSSR count). The van der Waals surface area contributed by atoms with E-state index in [1.54, 1.807) is 30.0 Å². The summed E-state index contributed by atoms with van der Waals surface area (Å²) in [7, 11) is 0. The van der Waals surface area contributed by atoms with Gasteiger partial charge in [0.1, 0.15) is 0 Å². The molecule has 0 unspecified atom stereocenters. The molecule has 9 heteroatoms. The van der Waals surface area contributed by atoms with E-state index in [-0.39, 0.29) is 28.1 Å². The third kappa shape index (κ3) is 5.70. The van der Waals surface area contributed by atoms with Crippen molar-refractivity contribution in [3.8, 4) is 0 Å². The standard InChI is InChI=1S/C20H19F3N2O2S2/c1-13-12-14(19(27)25-8-10-28-11-9-25)6-7-16(13)24-18(26)15-4-2-3-5-17(15)29-20(21,22)23/h2-7,12H,8-11H2,1H3,(H,24,26). The summed E-state index contributed by atoms with van der Waals surface area (Å²) in [5, 5.41) is 2.65. The summed E-state index contributed by atoms with van der Waals surface area (Å²) in [6.45, 7) is 3.15. The summed E-state index contributed by atoms with van der Waals surface area (Å²) in [5.41, 5.74) is -2.90. The molecule has 1 fully saturated rings. The van der Waals surface area contributed by atoms with Gasteiger partial charge in [-0.15, -0.1) is 0 Å². The van der Waals surface area contributed by atoms with E-state index in [0.717, 1.165) is 11.5 Å². The summed E-state index contributed by atoms with van der Waals surface area (Å²) in [4.78, 5) is 26.8. The first-order valence-electron chi connectivity index (χ1n) is 8.88. The summed E-state index contributed by atoms with van der Waals surface area (Å²) in [5.74, 6) is 1.13. The van der Waals surface area contributed by atoms with Gasteiger partial charge < -0.3 is 10.2 Å². The fourth-order valence-electron chi connectivity index (χ4n) is 2.94. The number of hydrogen-bond acceptors (Lipinski definition) is 4. The molecule has 0 atom stereocenters. The van der Waals surface area contributed by atoms with E-state index in [0.29, 0.717) is 29.9 Å². The van der Waals surface area contributed by atoms with Gasteiger partial charge in [0.2, 0.25) is 0 Å². The van der Waals surface area contributed by atoms with Crippen LogP contribution in [0.3, 0.4) is 0 Å². The van der Waals surface area contributed by atoms with E-state index >= 15 is 0 Å². The number of anilines is 1. The van der Waals surface area contributed by atoms with Crippen LogP contribution in [0.5, 0.6) is 0 Å². The lowest BCUT2D eigenvalue weighted by Crippen LogP contribution is -2.37. The third-order valence-corrected chi connectivity index (χ3v) is 6.13. The number of nitrogens with one attached hydrogen (secondary N) is 1. The van der Waals surface area contributed by atoms with Crippen molar-refractivity contribution >= 4 is 41.0 Å². The molecular weight excluding hydrogens is 421 g/mol. The molecule has 1 aliphatic heterocycles. The van der Waals surface area contributed by atoms with Crippen LogP contribution < -0.4 is 5.32 Å². The Bertz CT molecular complexity index is 913. The number of rotatable bonds is 4. The monoisotopic (exact) mass is 440 g/mol. The Morgan fingerprint density at radius 2 is 1.79 bits per heavy atom. The Kier molecular flexibility index (Phi) is 6.79. The number of nitrogens with zero attached hydrogens (tertiary/aromatic N) is 1. The van der Waals surface area contributed by atoms with E-state index < -0.39 is 11.4 Å². The highest BCUT2D eigenvalue weighted by Gasteiger charge is 2.31. The molecule has 0 aromatic heterocycles. The molecule has 0 aliphatic carbocycles. The highest BCUT2D eigenvalue weighted by molar-refractivity contribution is 8.00. The molecule has 1 heterocycles. The minimum Gasteiger partial charge on any atom is -0.337 e. The third-order valence-electron chi connectivity index (χ3n) is 4.38. The van der Waals surface area contributed by atoms with Gasteiger partial charge in [-0.2, -0.15) is 24.9 Å². The number of alkyl halides is 3. The minimum atomic E-state index is -4.48. The quantitative estimate of drug-likeness (QED) is 0.676. The molecule has 2 aromatic carbocycles. The molecule has 154 valence electrons. The number of benzene rings is 2. The molecular formula is C20H19F3N2O2S2. The van der Waals surface area contributed by atoms with Crippen molar-refractivity contribution in [1.29, 1.82) is 0 Å². The van der Waals surface area contributed by atoms with Gasteiger partial charge >= 0.3 is 5.51 Å². The molecule has 0 bridgehead atoms. The molecule has 2 aromatic rings. The van der Waals surface area contributed by atoms with Crippen molar-refractivity contribution in [2.75, 3.05) is 29.9 Å². The molecule has 0 saturated carbocycles. The van der Waals surface area contributed by atoms with Crippen molar-refractivity contribution in [2.24, 2.45) is 0 Å². The van der Waals surface area contributed by atoms with Crippen LogP contribution in [-0.4, -0.2) is 46.8 Å². The maximum Gasteiger partial charge on any atom is 0.446 e. The molecule has 0 radical (unpaired) electrons. The van der Waals surface area contributed by atoms with E-state index in [9.17, 15) is 22.8 Å². The maximum atomic E-state index is 12.7. The SMILES string of the molecule is Cc1cc(C(=O)N2CCSCC2)ccc1NC(=O)c1ccccc1SC(F)(F)F. The van der Waals surface area contributed by atoms with Crippen molar-refractivity contribution < 1.29 is 22.8 Å². The molecule has 0 spiro atoms. The van der Waals surface area contributed by atoms with E-state index in [2.05, 4.69) is 5.32 Å². The van der Waals surface area contributed by atoms with E-state index in [4.69, 9.17) is 0 Å². The van der Waals surface area contributed by atoms with Crippen LogP contribution >= 0.6 is 23.5 Å². The first-order valence-corrected chi connectivity index (χ1v) is 10.9. The second kappa shape index (κ2) is 9.13. The summed E-state index contributed by atoms with van der Waals surface area (Å²) < 4.78 is 38.2. The van der Waals surface area contributed by atoms with Crippen LogP contribution in [0.2, 0.25) is 0 Å². The normalized spacial score (nSPS) is 14.6. The Morgan fingerprint density at radius 1 is 1.10 bits per heavy atom. The van der Waals surface area contributed by atoms with Crippen molar-refractivity contribution in [2.45, 2.75) is 17.3 Å². The Balaban J connectivity index is 1.75. The number of hydrogen-bond donors (Lipinski definition) is 1. The van der Waals surface area contributed by atoms with E-state index in [1.165, 1.54) is 24.3 Å². The Labute approximate surface area is 175 Å². The average molecular weight is 441 g/mol. The van der Waals surface area contributed by atoms with Crippen molar-refractivity contribution in [3.63, 3.8) is 0 Å². The Morgan fingerprint density at radius 3 is 2.45 bits per heavy atom. The first kappa shape index (κ1) is 21.6. The maximum absolute atomic E-state index is 12.7. The lowest BCUT2D eigenvalue weighted by atomic mass is 10.1. The molecule has 4 nitrogen and oxygen atoms in total. The van der Waals surface area contributed by atoms with Crippen LogP contribution in [0, 0.1) is 6.92 Å². The number of thioether (sulfide) groups is 2. The lowest BCUT2D eigenvalue weighted by molar-refractivity contribution is -0.0328. The first-order chi connectivity index (χ1) is 13.7. The number of aryl methyl sites for hydroxylation is 1. The fraction of sp³-hybridized carbons (Fsp3) is 0.300. The van der Waals surface area contributed by atoms with E-state index in [1.807, 2.05) is 11.8 Å². The van der Waals surface area contributed by atoms with Gasteiger partial charge in [0.15, 0.2) is 0 Å². The topological polar surface area (TPSA) is 49.4 Å². The van der Waals surface area contributed by atoms with Gasteiger partial charge in [-0.25, -0.2) is 0 Å². The van der Waals surface area contributed by atoms with Gasteiger partial charge in [0.25, 0.3) is 11.8 Å². The minimum absolute atomic E-state index is 0.0554. The fourth-order valence-corrected chi connectivity index (χ4v) is 4.51. The zero-order valence-corrected chi connectivity index (χ0v) is 17.2. The number of amides is 2. The molecule has 1 aliphatic rings. The summed E-state index contributed by atoms with van der Waals surface area (Å²) in [6, 6.07) is 10.5. The smallest absolute Gasteiger partial charge is 0.337 e. The molecule has 29 heavy (non-hydrogen) atoms. The van der Waals surface area contributed by atoms with Crippen LogP contribution in [0.1, 0.15) is 26.3 Å². The van der Waals surface area contributed by atoms with Crippen molar-refractivity contribution in [3.05, 3.63) is 59.2 Å². The predicted molar refractivity (Wildman–Crippen MR) is 111 cm³/mol. The molecule has 1 saturated heterocycles.